The third kappa shape index (κ3) is 4.40. The van der Waals surface area contributed by atoms with Gasteiger partial charge in [0.2, 0.25) is 0 Å². The number of rotatable bonds is 9. The van der Waals surface area contributed by atoms with Crippen molar-refractivity contribution < 1.29 is 9.53 Å². The Morgan fingerprint density at radius 2 is 2.13 bits per heavy atom. The minimum atomic E-state index is -0.0888. The number of carbonyl (C=O) groups is 1. The van der Waals surface area contributed by atoms with Gasteiger partial charge in [-0.15, -0.1) is 11.3 Å². The topological polar surface area (TPSA) is 91.9 Å². The lowest BCUT2D eigenvalue weighted by atomic mass is 10.1. The fraction of sp³-hybridized carbons (Fsp3) is 0.348. The molecule has 7 nitrogen and oxygen atoms in total. The molecule has 0 unspecified atom stereocenters. The molecule has 0 saturated heterocycles. The summed E-state index contributed by atoms with van der Waals surface area (Å²) in [4.78, 5) is 26.5. The van der Waals surface area contributed by atoms with Gasteiger partial charge in [0.1, 0.15) is 17.0 Å². The first-order chi connectivity index (χ1) is 15.1. The van der Waals surface area contributed by atoms with Crippen molar-refractivity contribution in [2.75, 3.05) is 25.6 Å². The quantitative estimate of drug-likeness (QED) is 0.363. The van der Waals surface area contributed by atoms with E-state index in [0.29, 0.717) is 11.5 Å². The summed E-state index contributed by atoms with van der Waals surface area (Å²) in [6.45, 7) is 5.21. The Balaban J connectivity index is 1.51. The second-order valence-electron chi connectivity index (χ2n) is 7.53. The summed E-state index contributed by atoms with van der Waals surface area (Å²) in [5.74, 6) is 0.677. The van der Waals surface area contributed by atoms with Crippen LogP contribution in [0.4, 0.5) is 5.82 Å². The number of aryl methyl sites for hydroxylation is 1. The van der Waals surface area contributed by atoms with Crippen LogP contribution < -0.4 is 10.6 Å². The van der Waals surface area contributed by atoms with Crippen molar-refractivity contribution >= 4 is 44.2 Å². The molecule has 31 heavy (non-hydrogen) atoms. The molecule has 0 radical (unpaired) electrons. The first-order valence-electron chi connectivity index (χ1n) is 10.4. The molecule has 1 aromatic carbocycles. The number of aromatic nitrogens is 3. The van der Waals surface area contributed by atoms with Gasteiger partial charge in [0, 0.05) is 30.8 Å². The van der Waals surface area contributed by atoms with E-state index in [1.54, 1.807) is 13.4 Å². The van der Waals surface area contributed by atoms with Crippen LogP contribution in [0.15, 0.2) is 36.8 Å². The fourth-order valence-electron chi connectivity index (χ4n) is 3.79. The molecule has 3 heterocycles. The van der Waals surface area contributed by atoms with Gasteiger partial charge >= 0.3 is 0 Å². The average molecular weight is 438 g/mol. The maximum Gasteiger partial charge on any atom is 0.262 e. The minimum Gasteiger partial charge on any atom is -0.383 e. The fourth-order valence-corrected chi connectivity index (χ4v) is 4.84. The molecule has 8 heteroatoms. The maximum absolute atomic E-state index is 12.9. The maximum atomic E-state index is 12.9. The van der Waals surface area contributed by atoms with Gasteiger partial charge in [-0.2, -0.15) is 0 Å². The Bertz CT molecular complexity index is 1200. The van der Waals surface area contributed by atoms with Gasteiger partial charge in [-0.25, -0.2) is 9.97 Å². The summed E-state index contributed by atoms with van der Waals surface area (Å²) in [6, 6.07) is 8.28. The van der Waals surface area contributed by atoms with Gasteiger partial charge in [0.15, 0.2) is 0 Å². The number of aromatic amines is 1. The molecule has 0 aliphatic rings. The number of anilines is 1. The highest BCUT2D eigenvalue weighted by molar-refractivity contribution is 7.20. The van der Waals surface area contributed by atoms with Gasteiger partial charge < -0.3 is 20.4 Å². The normalized spacial score (nSPS) is 12.4. The predicted octanol–water partition coefficient (Wildman–Crippen LogP) is 4.29. The molecule has 1 atom stereocenters. The number of hydrogen-bond acceptors (Lipinski definition) is 6. The number of H-pyrrole nitrogens is 1. The lowest BCUT2D eigenvalue weighted by Crippen LogP contribution is -2.37. The minimum absolute atomic E-state index is 0.0121. The third-order valence-electron chi connectivity index (χ3n) is 5.49. The smallest absolute Gasteiger partial charge is 0.262 e. The largest absolute Gasteiger partial charge is 0.383 e. The SMILES string of the molecule is CC[C@@H](COC)NC(=O)c1sc2ncnc(NCCc3c[nH]c4ccccc34)c2c1C. The Morgan fingerprint density at radius 1 is 1.29 bits per heavy atom. The van der Waals surface area contributed by atoms with E-state index in [2.05, 4.69) is 50.0 Å². The second kappa shape index (κ2) is 9.45. The Labute approximate surface area is 185 Å². The van der Waals surface area contributed by atoms with Crippen LogP contribution in [0, 0.1) is 6.92 Å². The number of nitrogens with one attached hydrogen (secondary N) is 3. The lowest BCUT2D eigenvalue weighted by Gasteiger charge is -2.15. The van der Waals surface area contributed by atoms with Crippen molar-refractivity contribution in [3.05, 3.63) is 52.8 Å². The number of nitrogens with zero attached hydrogens (tertiary/aromatic N) is 2. The van der Waals surface area contributed by atoms with E-state index in [4.69, 9.17) is 4.74 Å². The monoisotopic (exact) mass is 437 g/mol. The molecule has 0 fully saturated rings. The number of amides is 1. The van der Waals surface area contributed by atoms with Crippen molar-refractivity contribution in [2.24, 2.45) is 0 Å². The summed E-state index contributed by atoms with van der Waals surface area (Å²) in [5.41, 5.74) is 3.31. The van der Waals surface area contributed by atoms with Crippen molar-refractivity contribution in [1.29, 1.82) is 0 Å². The number of para-hydroxylation sites is 1. The van der Waals surface area contributed by atoms with E-state index in [1.165, 1.54) is 22.3 Å². The number of hydrogen-bond donors (Lipinski definition) is 3. The van der Waals surface area contributed by atoms with Crippen LogP contribution in [0.1, 0.15) is 34.1 Å². The molecule has 0 saturated carbocycles. The Kier molecular flexibility index (Phi) is 6.48. The van der Waals surface area contributed by atoms with Crippen LogP contribution >= 0.6 is 11.3 Å². The van der Waals surface area contributed by atoms with E-state index in [-0.39, 0.29) is 11.9 Å². The van der Waals surface area contributed by atoms with E-state index in [0.717, 1.165) is 46.5 Å². The van der Waals surface area contributed by atoms with E-state index in [9.17, 15) is 4.79 Å². The van der Waals surface area contributed by atoms with Gasteiger partial charge in [-0.1, -0.05) is 25.1 Å². The van der Waals surface area contributed by atoms with E-state index < -0.39 is 0 Å². The molecular weight excluding hydrogens is 410 g/mol. The highest BCUT2D eigenvalue weighted by atomic mass is 32.1. The van der Waals surface area contributed by atoms with Crippen molar-refractivity contribution in [1.82, 2.24) is 20.3 Å². The van der Waals surface area contributed by atoms with Crippen LogP contribution in [0.25, 0.3) is 21.1 Å². The standard InChI is InChI=1S/C23H27N5O2S/c1-4-16(12-30-3)28-22(29)20-14(2)19-21(26-13-27-23(19)31-20)24-10-9-15-11-25-18-8-6-5-7-17(15)18/h5-8,11,13,16,25H,4,9-10,12H2,1-3H3,(H,28,29)(H,24,26,27)/t16-/m0/s1. The van der Waals surface area contributed by atoms with E-state index >= 15 is 0 Å². The average Bonchev–Trinajstić information content (AvgIpc) is 3.35. The molecule has 0 aliphatic carbocycles. The number of fused-ring (bicyclic) bond motifs is 2. The second-order valence-corrected chi connectivity index (χ2v) is 8.53. The predicted molar refractivity (Wildman–Crippen MR) is 126 cm³/mol. The zero-order valence-corrected chi connectivity index (χ0v) is 18.8. The first kappa shape index (κ1) is 21.3. The summed E-state index contributed by atoms with van der Waals surface area (Å²) in [5, 5.41) is 8.66. The van der Waals surface area contributed by atoms with Gasteiger partial charge in [0.25, 0.3) is 5.91 Å². The number of thiophene rings is 1. The van der Waals surface area contributed by atoms with Crippen LogP contribution in [-0.2, 0) is 11.2 Å². The first-order valence-corrected chi connectivity index (χ1v) is 11.3. The van der Waals surface area contributed by atoms with Crippen molar-refractivity contribution in [3.63, 3.8) is 0 Å². The van der Waals surface area contributed by atoms with Gasteiger partial charge in [-0.3, -0.25) is 4.79 Å². The number of methoxy groups -OCH3 is 1. The molecule has 0 spiro atoms. The molecule has 4 aromatic rings. The third-order valence-corrected chi connectivity index (χ3v) is 6.69. The van der Waals surface area contributed by atoms with E-state index in [1.807, 2.05) is 19.9 Å². The Hall–Kier alpha value is -2.97. The zero-order chi connectivity index (χ0) is 21.8. The summed E-state index contributed by atoms with van der Waals surface area (Å²) in [6.07, 6.45) is 5.28. The number of ether oxygens (including phenoxy) is 1. The van der Waals surface area contributed by atoms with Crippen LogP contribution in [0.5, 0.6) is 0 Å². The van der Waals surface area contributed by atoms with Crippen LogP contribution in [0.2, 0.25) is 0 Å². The molecule has 4 rings (SSSR count). The molecule has 1 amide bonds. The molecule has 3 N–H and O–H groups in total. The molecule has 0 bridgehead atoms. The Morgan fingerprint density at radius 3 is 2.94 bits per heavy atom. The zero-order valence-electron chi connectivity index (χ0n) is 18.0. The molecular formula is C23H27N5O2S. The highest BCUT2D eigenvalue weighted by Gasteiger charge is 2.21. The van der Waals surface area contributed by atoms with Crippen LogP contribution in [-0.4, -0.2) is 47.2 Å². The molecule has 0 aliphatic heterocycles. The van der Waals surface area contributed by atoms with Crippen molar-refractivity contribution in [3.8, 4) is 0 Å². The summed E-state index contributed by atoms with van der Waals surface area (Å²) < 4.78 is 5.20. The lowest BCUT2D eigenvalue weighted by molar-refractivity contribution is 0.0898. The van der Waals surface area contributed by atoms with Crippen molar-refractivity contribution in [2.45, 2.75) is 32.7 Å². The number of benzene rings is 1. The van der Waals surface area contributed by atoms with Gasteiger partial charge in [0.05, 0.1) is 22.9 Å². The molecule has 3 aromatic heterocycles. The number of carbonyl (C=O) groups excluding carboxylic acids is 1. The summed E-state index contributed by atoms with van der Waals surface area (Å²) >= 11 is 1.40. The molecule has 162 valence electrons. The highest BCUT2D eigenvalue weighted by Crippen LogP contribution is 2.33. The van der Waals surface area contributed by atoms with Gasteiger partial charge in [-0.05, 0) is 37.0 Å². The van der Waals surface area contributed by atoms with Crippen LogP contribution in [0.3, 0.4) is 0 Å². The summed E-state index contributed by atoms with van der Waals surface area (Å²) in [7, 11) is 1.64.